The lowest BCUT2D eigenvalue weighted by Crippen LogP contribution is -2.40. The first-order valence-corrected chi connectivity index (χ1v) is 17.5. The number of ether oxygens (including phenoxy) is 1. The highest BCUT2D eigenvalue weighted by Crippen LogP contribution is 2.49. The highest BCUT2D eigenvalue weighted by Gasteiger charge is 2.44. The minimum absolute atomic E-state index is 0.141. The summed E-state index contributed by atoms with van der Waals surface area (Å²) in [6.07, 6.45) is 8.04. The third-order valence-electron chi connectivity index (χ3n) is 9.30. The van der Waals surface area contributed by atoms with E-state index in [2.05, 4.69) is 57.9 Å². The molecule has 45 heavy (non-hydrogen) atoms. The fourth-order valence-electron chi connectivity index (χ4n) is 6.83. The van der Waals surface area contributed by atoms with Gasteiger partial charge in [-0.05, 0) is 84.3 Å². The summed E-state index contributed by atoms with van der Waals surface area (Å²) in [7, 11) is 0. The van der Waals surface area contributed by atoms with Crippen LogP contribution in [0.2, 0.25) is 0 Å². The van der Waals surface area contributed by atoms with Crippen molar-refractivity contribution in [2.75, 3.05) is 12.4 Å². The molecule has 2 fully saturated rings. The van der Waals surface area contributed by atoms with Gasteiger partial charge in [-0.3, -0.25) is 14.5 Å². The van der Waals surface area contributed by atoms with E-state index in [0.29, 0.717) is 24.1 Å². The summed E-state index contributed by atoms with van der Waals surface area (Å²) in [6, 6.07) is 8.79. The van der Waals surface area contributed by atoms with Crippen LogP contribution in [0, 0.1) is 20.8 Å². The number of nitrogens with zero attached hydrogens (tertiary/aromatic N) is 6. The van der Waals surface area contributed by atoms with Gasteiger partial charge in [0.2, 0.25) is 0 Å². The zero-order valence-corrected chi connectivity index (χ0v) is 28.4. The molecule has 236 valence electrons. The summed E-state index contributed by atoms with van der Waals surface area (Å²) < 4.78 is 13.6. The Morgan fingerprint density at radius 1 is 1.11 bits per heavy atom. The van der Waals surface area contributed by atoms with Crippen molar-refractivity contribution in [1.82, 2.24) is 24.6 Å². The normalized spacial score (nSPS) is 23.1. The van der Waals surface area contributed by atoms with Crippen molar-refractivity contribution < 1.29 is 13.9 Å². The van der Waals surface area contributed by atoms with E-state index >= 15 is 0 Å². The highest BCUT2D eigenvalue weighted by atomic mass is 32.2. The maximum absolute atomic E-state index is 12.7. The van der Waals surface area contributed by atoms with Crippen LogP contribution in [0.25, 0.3) is 5.00 Å². The number of fused-ring (bicyclic) bond motifs is 3. The third-order valence-corrected chi connectivity index (χ3v) is 12.1. The fourth-order valence-corrected chi connectivity index (χ4v) is 9.45. The molecule has 11 heteroatoms. The first kappa shape index (κ1) is 30.2. The standard InChI is InChI=1S/C34H40N6O3S2/c1-20-21(2)45-31-28(20)29(36-26(17-27-35-15-16-42-27)30-38-37-22(3)40(30)31)25-9-7-23(8-10-25)24-11-13-34(14-12-24)18-39(19-44-34)32(41)43-33(4,5)6/h7-10,15-16,24,26H,11-14,17-19H2,1-6H3/t24?,26-,34?/m0/s1. The molecule has 9 nitrogen and oxygen atoms in total. The summed E-state index contributed by atoms with van der Waals surface area (Å²) in [4.78, 5) is 25.6. The van der Waals surface area contributed by atoms with Crippen LogP contribution in [0.4, 0.5) is 4.79 Å². The first-order valence-electron chi connectivity index (χ1n) is 15.7. The molecule has 1 amide bonds. The van der Waals surface area contributed by atoms with Crippen molar-refractivity contribution in [3.63, 3.8) is 0 Å². The van der Waals surface area contributed by atoms with Gasteiger partial charge in [0, 0.05) is 27.3 Å². The molecule has 4 aromatic rings. The van der Waals surface area contributed by atoms with Crippen LogP contribution in [-0.4, -0.2) is 59.2 Å². The molecule has 1 saturated carbocycles. The van der Waals surface area contributed by atoms with Gasteiger partial charge in [-0.1, -0.05) is 24.3 Å². The smallest absolute Gasteiger partial charge is 0.411 e. The Morgan fingerprint density at radius 3 is 2.56 bits per heavy atom. The SMILES string of the molecule is Cc1sc2c(c1C)C(c1ccc(C3CCC4(CC3)CN(C(=O)OC(C)(C)C)CS4)cc1)=N[C@@H](Cc1ncco1)c1nnc(C)n1-2. The van der Waals surface area contributed by atoms with Gasteiger partial charge in [-0.15, -0.1) is 33.3 Å². The Morgan fingerprint density at radius 2 is 1.87 bits per heavy atom. The van der Waals surface area contributed by atoms with E-state index in [1.807, 2.05) is 44.4 Å². The van der Waals surface area contributed by atoms with Crippen molar-refractivity contribution >= 4 is 34.9 Å². The summed E-state index contributed by atoms with van der Waals surface area (Å²) in [5.74, 6) is 3.52. The lowest BCUT2D eigenvalue weighted by atomic mass is 9.77. The molecule has 1 aromatic carbocycles. The number of aryl methyl sites for hydroxylation is 2. The molecule has 3 aromatic heterocycles. The summed E-state index contributed by atoms with van der Waals surface area (Å²) >= 11 is 3.70. The van der Waals surface area contributed by atoms with Gasteiger partial charge in [0.1, 0.15) is 28.7 Å². The molecular weight excluding hydrogens is 605 g/mol. The van der Waals surface area contributed by atoms with Gasteiger partial charge in [-0.2, -0.15) is 0 Å². The number of hydrogen-bond donors (Lipinski definition) is 0. The fraction of sp³-hybridized carbons (Fsp3) is 0.500. The average Bonchev–Trinajstić information content (AvgIpc) is 3.78. The van der Waals surface area contributed by atoms with Crippen molar-refractivity contribution in [1.29, 1.82) is 0 Å². The quantitative estimate of drug-likeness (QED) is 0.224. The molecule has 0 radical (unpaired) electrons. The van der Waals surface area contributed by atoms with Gasteiger partial charge in [0.15, 0.2) is 11.7 Å². The topological polar surface area (TPSA) is 98.6 Å². The van der Waals surface area contributed by atoms with Crippen LogP contribution in [0.1, 0.15) is 103 Å². The minimum atomic E-state index is -0.471. The Bertz CT molecular complexity index is 1740. The van der Waals surface area contributed by atoms with Crippen LogP contribution in [0.3, 0.4) is 0 Å². The number of benzene rings is 1. The van der Waals surface area contributed by atoms with E-state index in [4.69, 9.17) is 14.1 Å². The molecule has 7 rings (SSSR count). The van der Waals surface area contributed by atoms with Crippen molar-refractivity contribution in [3.8, 4) is 5.00 Å². The van der Waals surface area contributed by atoms with Crippen molar-refractivity contribution in [2.45, 2.75) is 96.0 Å². The number of carbonyl (C=O) groups excluding carboxylic acids is 1. The van der Waals surface area contributed by atoms with Gasteiger partial charge >= 0.3 is 6.09 Å². The number of amides is 1. The Hall–Kier alpha value is -3.44. The van der Waals surface area contributed by atoms with Gasteiger partial charge in [-0.25, -0.2) is 9.78 Å². The van der Waals surface area contributed by atoms with E-state index in [0.717, 1.165) is 65.7 Å². The Kier molecular flexibility index (Phi) is 7.67. The summed E-state index contributed by atoms with van der Waals surface area (Å²) in [6.45, 7) is 12.9. The van der Waals surface area contributed by atoms with Crippen LogP contribution >= 0.6 is 23.1 Å². The third kappa shape index (κ3) is 5.73. The van der Waals surface area contributed by atoms with Crippen LogP contribution in [0.5, 0.6) is 0 Å². The van der Waals surface area contributed by atoms with Crippen molar-refractivity contribution in [3.05, 3.63) is 81.4 Å². The maximum Gasteiger partial charge on any atom is 0.411 e. The van der Waals surface area contributed by atoms with E-state index in [1.165, 1.54) is 16.0 Å². The van der Waals surface area contributed by atoms with Gasteiger partial charge in [0.05, 0.1) is 24.2 Å². The number of carbonyl (C=O) groups is 1. The molecule has 0 unspecified atom stereocenters. The zero-order chi connectivity index (χ0) is 31.5. The molecule has 1 aliphatic carbocycles. The molecule has 5 heterocycles. The van der Waals surface area contributed by atoms with E-state index in [-0.39, 0.29) is 16.9 Å². The average molecular weight is 645 g/mol. The number of thioether (sulfide) groups is 1. The molecule has 3 aliphatic rings. The number of oxazole rings is 1. The molecule has 0 bridgehead atoms. The van der Waals surface area contributed by atoms with E-state index in [9.17, 15) is 4.79 Å². The van der Waals surface area contributed by atoms with Crippen LogP contribution in [-0.2, 0) is 11.2 Å². The number of rotatable bonds is 4. The number of thiophene rings is 1. The predicted octanol–water partition coefficient (Wildman–Crippen LogP) is 7.71. The molecule has 2 aliphatic heterocycles. The molecular formula is C34H40N6O3S2. The Balaban J connectivity index is 1.13. The van der Waals surface area contributed by atoms with Crippen LogP contribution in [0.15, 0.2) is 46.1 Å². The first-order chi connectivity index (χ1) is 21.5. The second kappa shape index (κ2) is 11.4. The van der Waals surface area contributed by atoms with Gasteiger partial charge < -0.3 is 9.15 Å². The lowest BCUT2D eigenvalue weighted by Gasteiger charge is -2.36. The van der Waals surface area contributed by atoms with Crippen LogP contribution < -0.4 is 0 Å². The lowest BCUT2D eigenvalue weighted by molar-refractivity contribution is 0.0281. The van der Waals surface area contributed by atoms with Crippen molar-refractivity contribution in [2.24, 2.45) is 4.99 Å². The maximum atomic E-state index is 12.7. The molecule has 1 atom stereocenters. The number of hydrogen-bond acceptors (Lipinski definition) is 9. The number of aromatic nitrogens is 4. The molecule has 1 spiro atoms. The van der Waals surface area contributed by atoms with E-state index in [1.54, 1.807) is 23.8 Å². The second-order valence-corrected chi connectivity index (χ2v) is 16.2. The largest absolute Gasteiger partial charge is 0.449 e. The summed E-state index contributed by atoms with van der Waals surface area (Å²) in [5, 5.41) is 10.2. The zero-order valence-electron chi connectivity index (χ0n) is 26.8. The molecule has 1 saturated heterocycles. The second-order valence-electron chi connectivity index (χ2n) is 13.6. The molecule has 0 N–H and O–H groups in total. The summed E-state index contributed by atoms with van der Waals surface area (Å²) in [5.41, 5.74) is 5.37. The monoisotopic (exact) mass is 644 g/mol. The predicted molar refractivity (Wildman–Crippen MR) is 178 cm³/mol. The highest BCUT2D eigenvalue weighted by molar-refractivity contribution is 8.00. The minimum Gasteiger partial charge on any atom is -0.449 e. The number of aliphatic imine (C=N–C) groups is 1. The Labute approximate surface area is 272 Å². The van der Waals surface area contributed by atoms with E-state index < -0.39 is 5.60 Å². The van der Waals surface area contributed by atoms with Gasteiger partial charge in [0.25, 0.3) is 0 Å².